The third kappa shape index (κ3) is 1.81. The number of aliphatic carboxylic acids is 2. The predicted octanol–water partition coefficient (Wildman–Crippen LogP) is 0.736. The van der Waals surface area contributed by atoms with Gasteiger partial charge in [0.15, 0.2) is 11.6 Å². The standard InChI is InChI=1S/C12H16O6/c1-3-7-9(14)6(10(15)16)5-8(13)12(7,4-2)11(17)18/h6-7H,3-5H2,1-2H3,(H,15,16)(H,17,18). The molecule has 1 saturated carbocycles. The summed E-state index contributed by atoms with van der Waals surface area (Å²) in [6.45, 7) is 3.12. The van der Waals surface area contributed by atoms with Crippen molar-refractivity contribution in [2.75, 3.05) is 0 Å². The van der Waals surface area contributed by atoms with E-state index in [1.165, 1.54) is 6.92 Å². The average Bonchev–Trinajstić information content (AvgIpc) is 2.30. The van der Waals surface area contributed by atoms with Crippen LogP contribution in [0.5, 0.6) is 0 Å². The minimum Gasteiger partial charge on any atom is -0.481 e. The molecule has 1 fully saturated rings. The molecule has 0 spiro atoms. The van der Waals surface area contributed by atoms with E-state index in [9.17, 15) is 24.3 Å². The summed E-state index contributed by atoms with van der Waals surface area (Å²) < 4.78 is 0. The van der Waals surface area contributed by atoms with Crippen LogP contribution in [0.4, 0.5) is 0 Å². The van der Waals surface area contributed by atoms with Gasteiger partial charge >= 0.3 is 11.9 Å². The molecule has 18 heavy (non-hydrogen) atoms. The smallest absolute Gasteiger partial charge is 0.317 e. The molecule has 1 aliphatic rings. The topological polar surface area (TPSA) is 109 Å². The fraction of sp³-hybridized carbons (Fsp3) is 0.667. The van der Waals surface area contributed by atoms with Crippen LogP contribution in [0.3, 0.4) is 0 Å². The van der Waals surface area contributed by atoms with E-state index in [-0.39, 0.29) is 12.8 Å². The minimum absolute atomic E-state index is 0.00223. The first-order valence-corrected chi connectivity index (χ1v) is 5.86. The molecule has 1 rings (SSSR count). The summed E-state index contributed by atoms with van der Waals surface area (Å²) >= 11 is 0. The van der Waals surface area contributed by atoms with Crippen LogP contribution in [0.25, 0.3) is 0 Å². The molecule has 0 radical (unpaired) electrons. The molecule has 3 atom stereocenters. The van der Waals surface area contributed by atoms with Crippen molar-refractivity contribution in [3.05, 3.63) is 0 Å². The highest BCUT2D eigenvalue weighted by atomic mass is 16.4. The van der Waals surface area contributed by atoms with Crippen LogP contribution in [0, 0.1) is 17.3 Å². The summed E-state index contributed by atoms with van der Waals surface area (Å²) in [5.41, 5.74) is -1.75. The number of carbonyl (C=O) groups is 4. The van der Waals surface area contributed by atoms with Crippen LogP contribution in [0.1, 0.15) is 33.1 Å². The van der Waals surface area contributed by atoms with E-state index in [1.807, 2.05) is 0 Å². The number of rotatable bonds is 4. The summed E-state index contributed by atoms with van der Waals surface area (Å²) in [7, 11) is 0. The lowest BCUT2D eigenvalue weighted by molar-refractivity contribution is -0.171. The van der Waals surface area contributed by atoms with Crippen LogP contribution >= 0.6 is 0 Å². The number of carbonyl (C=O) groups excluding carboxylic acids is 2. The van der Waals surface area contributed by atoms with Crippen molar-refractivity contribution in [2.45, 2.75) is 33.1 Å². The van der Waals surface area contributed by atoms with E-state index < -0.39 is 47.2 Å². The van der Waals surface area contributed by atoms with E-state index >= 15 is 0 Å². The molecule has 0 aromatic carbocycles. The molecule has 3 unspecified atom stereocenters. The Balaban J connectivity index is 3.31. The summed E-state index contributed by atoms with van der Waals surface area (Å²) in [6, 6.07) is 0. The Morgan fingerprint density at radius 1 is 1.28 bits per heavy atom. The van der Waals surface area contributed by atoms with Gasteiger partial charge in [-0.1, -0.05) is 13.8 Å². The molecule has 6 nitrogen and oxygen atoms in total. The van der Waals surface area contributed by atoms with Gasteiger partial charge in [0.1, 0.15) is 11.3 Å². The Bertz CT molecular complexity index is 411. The number of carboxylic acid groups (broad SMARTS) is 2. The number of carboxylic acids is 2. The van der Waals surface area contributed by atoms with Crippen molar-refractivity contribution >= 4 is 23.5 Å². The van der Waals surface area contributed by atoms with E-state index in [1.54, 1.807) is 6.92 Å². The molecule has 100 valence electrons. The minimum atomic E-state index is -1.75. The summed E-state index contributed by atoms with van der Waals surface area (Å²) in [5.74, 6) is -6.45. The van der Waals surface area contributed by atoms with Gasteiger partial charge in [-0.05, 0) is 12.8 Å². The maximum absolute atomic E-state index is 12.0. The van der Waals surface area contributed by atoms with E-state index in [4.69, 9.17) is 5.11 Å². The average molecular weight is 256 g/mol. The monoisotopic (exact) mass is 256 g/mol. The van der Waals surface area contributed by atoms with E-state index in [2.05, 4.69) is 0 Å². The van der Waals surface area contributed by atoms with Gasteiger partial charge in [0.05, 0.1) is 0 Å². The van der Waals surface area contributed by atoms with Gasteiger partial charge in [0.25, 0.3) is 0 Å². The molecule has 0 amide bonds. The van der Waals surface area contributed by atoms with Crippen LogP contribution in [-0.2, 0) is 19.2 Å². The molecular weight excluding hydrogens is 240 g/mol. The lowest BCUT2D eigenvalue weighted by Gasteiger charge is -2.39. The highest BCUT2D eigenvalue weighted by Crippen LogP contribution is 2.43. The van der Waals surface area contributed by atoms with Crippen LogP contribution in [-0.4, -0.2) is 33.7 Å². The molecule has 0 saturated heterocycles. The fourth-order valence-corrected chi connectivity index (χ4v) is 2.77. The molecule has 0 aromatic rings. The zero-order chi connectivity index (χ0) is 14.1. The van der Waals surface area contributed by atoms with Gasteiger partial charge in [-0.3, -0.25) is 19.2 Å². The van der Waals surface area contributed by atoms with Gasteiger partial charge in [-0.2, -0.15) is 0 Å². The van der Waals surface area contributed by atoms with Gasteiger partial charge in [-0.25, -0.2) is 0 Å². The Kier molecular flexibility index (Phi) is 3.88. The molecular formula is C12H16O6. The van der Waals surface area contributed by atoms with Crippen molar-refractivity contribution in [3.63, 3.8) is 0 Å². The highest BCUT2D eigenvalue weighted by molar-refractivity contribution is 6.16. The van der Waals surface area contributed by atoms with Crippen molar-refractivity contribution in [1.29, 1.82) is 0 Å². The number of hydrogen-bond acceptors (Lipinski definition) is 4. The van der Waals surface area contributed by atoms with Crippen molar-refractivity contribution in [1.82, 2.24) is 0 Å². The van der Waals surface area contributed by atoms with Gasteiger partial charge < -0.3 is 10.2 Å². The first-order valence-electron chi connectivity index (χ1n) is 5.86. The largest absolute Gasteiger partial charge is 0.481 e. The second-order valence-corrected chi connectivity index (χ2v) is 4.51. The Morgan fingerprint density at radius 3 is 2.17 bits per heavy atom. The van der Waals surface area contributed by atoms with E-state index in [0.29, 0.717) is 0 Å². The lowest BCUT2D eigenvalue weighted by atomic mass is 9.59. The van der Waals surface area contributed by atoms with Crippen molar-refractivity contribution < 1.29 is 29.4 Å². The Morgan fingerprint density at radius 2 is 1.83 bits per heavy atom. The summed E-state index contributed by atoms with van der Waals surface area (Å²) in [4.78, 5) is 46.4. The number of Topliss-reactive ketones (excluding diaryl/α,β-unsaturated/α-hetero) is 2. The SMILES string of the molecule is CCC1C(=O)C(C(=O)O)CC(=O)C1(CC)C(=O)O. The molecule has 0 bridgehead atoms. The van der Waals surface area contributed by atoms with Crippen LogP contribution in [0.15, 0.2) is 0 Å². The third-order valence-corrected chi connectivity index (χ3v) is 3.81. The molecule has 0 aromatic heterocycles. The zero-order valence-electron chi connectivity index (χ0n) is 10.3. The molecule has 0 heterocycles. The summed E-state index contributed by atoms with van der Waals surface area (Å²) in [5, 5.41) is 18.2. The number of ketones is 2. The lowest BCUT2D eigenvalue weighted by Crippen LogP contribution is -2.55. The first kappa shape index (κ1) is 14.3. The van der Waals surface area contributed by atoms with Gasteiger partial charge in [-0.15, -0.1) is 0 Å². The van der Waals surface area contributed by atoms with Gasteiger partial charge in [0, 0.05) is 12.3 Å². The Labute approximate surface area is 104 Å². The molecule has 6 heteroatoms. The second-order valence-electron chi connectivity index (χ2n) is 4.51. The zero-order valence-corrected chi connectivity index (χ0v) is 10.3. The molecule has 2 N–H and O–H groups in total. The van der Waals surface area contributed by atoms with E-state index in [0.717, 1.165) is 0 Å². The van der Waals surface area contributed by atoms with Crippen molar-refractivity contribution in [3.8, 4) is 0 Å². The normalized spacial score (nSPS) is 32.3. The quantitative estimate of drug-likeness (QED) is 0.718. The second kappa shape index (κ2) is 4.88. The van der Waals surface area contributed by atoms with Gasteiger partial charge in [0.2, 0.25) is 0 Å². The molecule has 0 aliphatic heterocycles. The first-order chi connectivity index (χ1) is 8.32. The molecule has 1 aliphatic carbocycles. The summed E-state index contributed by atoms with van der Waals surface area (Å²) in [6.07, 6.45) is -0.378. The van der Waals surface area contributed by atoms with Crippen molar-refractivity contribution in [2.24, 2.45) is 17.3 Å². The Hall–Kier alpha value is -1.72. The number of hydrogen-bond donors (Lipinski definition) is 2. The van der Waals surface area contributed by atoms with Crippen LogP contribution < -0.4 is 0 Å². The fourth-order valence-electron chi connectivity index (χ4n) is 2.77. The highest BCUT2D eigenvalue weighted by Gasteiger charge is 2.58. The maximum Gasteiger partial charge on any atom is 0.317 e. The predicted molar refractivity (Wildman–Crippen MR) is 59.9 cm³/mol. The third-order valence-electron chi connectivity index (χ3n) is 3.81. The maximum atomic E-state index is 12.0. The van der Waals surface area contributed by atoms with Crippen LogP contribution in [0.2, 0.25) is 0 Å².